The zero-order valence-corrected chi connectivity index (χ0v) is 7.76. The largest absolute Gasteiger partial charge is 0.352 e. The molecule has 0 amide bonds. The van der Waals surface area contributed by atoms with Gasteiger partial charge in [0, 0.05) is 12.1 Å². The molecule has 0 fully saturated rings. The SMILES string of the molecule is CCCC(=O)c1cc2c([nH]1)C=CC2. The van der Waals surface area contributed by atoms with Crippen LogP contribution >= 0.6 is 0 Å². The predicted octanol–water partition coefficient (Wildman–Crippen LogP) is 2.57. The molecule has 2 heteroatoms. The van der Waals surface area contributed by atoms with Crippen molar-refractivity contribution in [1.82, 2.24) is 4.98 Å². The number of allylic oxidation sites excluding steroid dienone is 1. The predicted molar refractivity (Wildman–Crippen MR) is 52.8 cm³/mol. The fourth-order valence-electron chi connectivity index (χ4n) is 1.65. The molecular formula is C11H13NO. The van der Waals surface area contributed by atoms with Crippen molar-refractivity contribution in [3.63, 3.8) is 0 Å². The number of rotatable bonds is 3. The van der Waals surface area contributed by atoms with Crippen LogP contribution in [0.4, 0.5) is 0 Å². The molecule has 1 aromatic heterocycles. The summed E-state index contributed by atoms with van der Waals surface area (Å²) in [6, 6.07) is 1.98. The first-order valence-electron chi connectivity index (χ1n) is 4.73. The van der Waals surface area contributed by atoms with Gasteiger partial charge in [-0.15, -0.1) is 0 Å². The third-order valence-corrected chi connectivity index (χ3v) is 2.33. The lowest BCUT2D eigenvalue weighted by atomic mass is 10.1. The average Bonchev–Trinajstić information content (AvgIpc) is 2.61. The number of carbonyl (C=O) groups is 1. The van der Waals surface area contributed by atoms with Crippen LogP contribution in [0.15, 0.2) is 12.1 Å². The molecule has 0 spiro atoms. The van der Waals surface area contributed by atoms with Crippen LogP contribution in [0.5, 0.6) is 0 Å². The molecule has 0 unspecified atom stereocenters. The summed E-state index contributed by atoms with van der Waals surface area (Å²) in [6.45, 7) is 2.02. The van der Waals surface area contributed by atoms with Gasteiger partial charge in [-0.1, -0.05) is 13.0 Å². The van der Waals surface area contributed by atoms with Crippen molar-refractivity contribution >= 4 is 11.9 Å². The number of Topliss-reactive ketones (excluding diaryl/α,β-unsaturated/α-hetero) is 1. The van der Waals surface area contributed by atoms with E-state index in [9.17, 15) is 4.79 Å². The van der Waals surface area contributed by atoms with Crippen LogP contribution in [-0.2, 0) is 6.42 Å². The van der Waals surface area contributed by atoms with Crippen LogP contribution < -0.4 is 0 Å². The smallest absolute Gasteiger partial charge is 0.179 e. The molecule has 1 aliphatic rings. The number of aromatic amines is 1. The number of H-pyrrole nitrogens is 1. The summed E-state index contributed by atoms with van der Waals surface area (Å²) >= 11 is 0. The fourth-order valence-corrected chi connectivity index (χ4v) is 1.65. The van der Waals surface area contributed by atoms with Gasteiger partial charge in [0.05, 0.1) is 5.69 Å². The van der Waals surface area contributed by atoms with Gasteiger partial charge in [0.25, 0.3) is 0 Å². The number of fused-ring (bicyclic) bond motifs is 1. The minimum Gasteiger partial charge on any atom is -0.352 e. The van der Waals surface area contributed by atoms with E-state index in [0.29, 0.717) is 6.42 Å². The van der Waals surface area contributed by atoms with Gasteiger partial charge in [-0.3, -0.25) is 4.79 Å². The second-order valence-electron chi connectivity index (χ2n) is 3.40. The Kier molecular flexibility index (Phi) is 2.05. The van der Waals surface area contributed by atoms with E-state index in [1.54, 1.807) is 0 Å². The highest BCUT2D eigenvalue weighted by Crippen LogP contribution is 2.20. The number of hydrogen-bond donors (Lipinski definition) is 1. The number of hydrogen-bond acceptors (Lipinski definition) is 1. The molecule has 1 aromatic rings. The maximum Gasteiger partial charge on any atom is 0.179 e. The topological polar surface area (TPSA) is 32.9 Å². The summed E-state index contributed by atoms with van der Waals surface area (Å²) in [4.78, 5) is 14.6. The first-order chi connectivity index (χ1) is 6.31. The van der Waals surface area contributed by atoms with Gasteiger partial charge >= 0.3 is 0 Å². The molecule has 13 heavy (non-hydrogen) atoms. The van der Waals surface area contributed by atoms with Crippen molar-refractivity contribution < 1.29 is 4.79 Å². The number of nitrogens with one attached hydrogen (secondary N) is 1. The standard InChI is InChI=1S/C11H13NO/c1-2-4-11(13)10-7-8-5-3-6-9(8)12-10/h3,6-7,12H,2,4-5H2,1H3. The first-order valence-corrected chi connectivity index (χ1v) is 4.73. The van der Waals surface area contributed by atoms with E-state index in [4.69, 9.17) is 0 Å². The highest BCUT2D eigenvalue weighted by molar-refractivity contribution is 5.95. The van der Waals surface area contributed by atoms with Gasteiger partial charge in [0.1, 0.15) is 0 Å². The lowest BCUT2D eigenvalue weighted by molar-refractivity contribution is 0.0977. The van der Waals surface area contributed by atoms with Crippen LogP contribution in [-0.4, -0.2) is 10.8 Å². The molecule has 0 saturated heterocycles. The first kappa shape index (κ1) is 8.30. The zero-order valence-electron chi connectivity index (χ0n) is 7.76. The van der Waals surface area contributed by atoms with Crippen molar-refractivity contribution in [2.75, 3.05) is 0 Å². The summed E-state index contributed by atoms with van der Waals surface area (Å²) in [5.74, 6) is 0.227. The number of carbonyl (C=O) groups excluding carboxylic acids is 1. The summed E-state index contributed by atoms with van der Waals surface area (Å²) < 4.78 is 0. The molecule has 0 saturated carbocycles. The molecular weight excluding hydrogens is 162 g/mol. The molecule has 2 nitrogen and oxygen atoms in total. The molecule has 1 aliphatic carbocycles. The fraction of sp³-hybridized carbons (Fsp3) is 0.364. The maximum atomic E-state index is 11.5. The number of ketones is 1. The summed E-state index contributed by atoms with van der Waals surface area (Å²) in [5, 5.41) is 0. The third kappa shape index (κ3) is 1.44. The molecule has 2 rings (SSSR count). The summed E-state index contributed by atoms with van der Waals surface area (Å²) in [6.07, 6.45) is 6.67. The van der Waals surface area contributed by atoms with E-state index < -0.39 is 0 Å². The summed E-state index contributed by atoms with van der Waals surface area (Å²) in [7, 11) is 0. The maximum absolute atomic E-state index is 11.5. The van der Waals surface area contributed by atoms with E-state index in [1.807, 2.05) is 19.1 Å². The second-order valence-corrected chi connectivity index (χ2v) is 3.40. The average molecular weight is 175 g/mol. The van der Waals surface area contributed by atoms with Crippen molar-refractivity contribution in [3.05, 3.63) is 29.1 Å². The van der Waals surface area contributed by atoms with Gasteiger partial charge in [0.15, 0.2) is 5.78 Å². The second kappa shape index (κ2) is 3.21. The minimum absolute atomic E-state index is 0.227. The Morgan fingerprint density at radius 1 is 1.62 bits per heavy atom. The molecule has 0 bridgehead atoms. The van der Waals surface area contributed by atoms with Gasteiger partial charge in [-0.05, 0) is 30.5 Å². The molecule has 0 radical (unpaired) electrons. The third-order valence-electron chi connectivity index (χ3n) is 2.33. The summed E-state index contributed by atoms with van der Waals surface area (Å²) in [5.41, 5.74) is 3.13. The van der Waals surface area contributed by atoms with Gasteiger partial charge < -0.3 is 4.98 Å². The van der Waals surface area contributed by atoms with Crippen molar-refractivity contribution in [2.24, 2.45) is 0 Å². The van der Waals surface area contributed by atoms with Crippen LogP contribution in [0.3, 0.4) is 0 Å². The molecule has 68 valence electrons. The Hall–Kier alpha value is -1.31. The highest BCUT2D eigenvalue weighted by Gasteiger charge is 2.13. The Bertz CT molecular complexity index is 360. The van der Waals surface area contributed by atoms with Crippen molar-refractivity contribution in [2.45, 2.75) is 26.2 Å². The quantitative estimate of drug-likeness (QED) is 0.703. The molecule has 0 aromatic carbocycles. The molecule has 0 atom stereocenters. The Morgan fingerprint density at radius 3 is 3.15 bits per heavy atom. The van der Waals surface area contributed by atoms with Crippen LogP contribution in [0.25, 0.3) is 6.08 Å². The van der Waals surface area contributed by atoms with E-state index in [-0.39, 0.29) is 5.78 Å². The van der Waals surface area contributed by atoms with Crippen LogP contribution in [0.2, 0.25) is 0 Å². The van der Waals surface area contributed by atoms with Crippen molar-refractivity contribution in [1.29, 1.82) is 0 Å². The van der Waals surface area contributed by atoms with Gasteiger partial charge in [0.2, 0.25) is 0 Å². The molecule has 0 aliphatic heterocycles. The van der Waals surface area contributed by atoms with Crippen LogP contribution in [0.1, 0.15) is 41.5 Å². The zero-order chi connectivity index (χ0) is 9.26. The van der Waals surface area contributed by atoms with E-state index >= 15 is 0 Å². The van der Waals surface area contributed by atoms with Crippen LogP contribution in [0, 0.1) is 0 Å². The molecule has 1 N–H and O–H groups in total. The Balaban J connectivity index is 2.23. The van der Waals surface area contributed by atoms with E-state index in [0.717, 1.165) is 24.2 Å². The monoisotopic (exact) mass is 175 g/mol. The van der Waals surface area contributed by atoms with Gasteiger partial charge in [-0.2, -0.15) is 0 Å². The lowest BCUT2D eigenvalue weighted by Crippen LogP contribution is -1.98. The number of aromatic nitrogens is 1. The van der Waals surface area contributed by atoms with E-state index in [1.165, 1.54) is 5.56 Å². The lowest BCUT2D eigenvalue weighted by Gasteiger charge is -1.93. The molecule has 1 heterocycles. The Labute approximate surface area is 77.7 Å². The van der Waals surface area contributed by atoms with Gasteiger partial charge in [-0.25, -0.2) is 0 Å². The Morgan fingerprint density at radius 2 is 2.46 bits per heavy atom. The highest BCUT2D eigenvalue weighted by atomic mass is 16.1. The van der Waals surface area contributed by atoms with E-state index in [2.05, 4.69) is 11.1 Å². The van der Waals surface area contributed by atoms with Crippen molar-refractivity contribution in [3.8, 4) is 0 Å². The minimum atomic E-state index is 0.227. The normalized spacial score (nSPS) is 13.3.